The molecule has 2 aromatic rings. The molecular formula is C22H31N5O3S. The molecule has 3 rings (SSSR count). The molecule has 2 unspecified atom stereocenters. The quantitative estimate of drug-likeness (QED) is 0.580. The van der Waals surface area contributed by atoms with Gasteiger partial charge in [0.05, 0.1) is 4.90 Å². The maximum Gasteiger partial charge on any atom is 0.319 e. The minimum atomic E-state index is -3.59. The molecule has 1 aromatic heterocycles. The number of anilines is 1. The van der Waals surface area contributed by atoms with E-state index >= 15 is 0 Å². The van der Waals surface area contributed by atoms with E-state index in [-0.39, 0.29) is 17.0 Å². The fraction of sp³-hybridized carbons (Fsp3) is 0.455. The van der Waals surface area contributed by atoms with E-state index in [2.05, 4.69) is 27.9 Å². The van der Waals surface area contributed by atoms with Crippen LogP contribution in [0.25, 0.3) is 0 Å². The van der Waals surface area contributed by atoms with E-state index in [0.717, 1.165) is 31.4 Å². The number of amides is 2. The predicted molar refractivity (Wildman–Crippen MR) is 121 cm³/mol. The zero-order valence-electron chi connectivity index (χ0n) is 18.0. The summed E-state index contributed by atoms with van der Waals surface area (Å²) >= 11 is 0. The van der Waals surface area contributed by atoms with Crippen LogP contribution in [0.2, 0.25) is 0 Å². The van der Waals surface area contributed by atoms with Crippen LogP contribution in [0.3, 0.4) is 0 Å². The van der Waals surface area contributed by atoms with Crippen LogP contribution in [0, 0.1) is 5.92 Å². The third-order valence-electron chi connectivity index (χ3n) is 5.67. The summed E-state index contributed by atoms with van der Waals surface area (Å²) in [6, 6.07) is 9.70. The molecule has 0 spiro atoms. The molecule has 1 aliphatic rings. The summed E-state index contributed by atoms with van der Waals surface area (Å²) in [5, 5.41) is 8.91. The Labute approximate surface area is 184 Å². The molecule has 2 amide bonds. The van der Waals surface area contributed by atoms with Gasteiger partial charge in [0.1, 0.15) is 0 Å². The maximum atomic E-state index is 12.9. The SMILES string of the molecule is CCC1CCC(CN(C)S(=O)(=O)c2ccc(NC(=O)NCc3cccnc3)cc2)NC1. The van der Waals surface area contributed by atoms with Gasteiger partial charge in [-0.15, -0.1) is 0 Å². The van der Waals surface area contributed by atoms with Crippen molar-refractivity contribution in [3.63, 3.8) is 0 Å². The van der Waals surface area contributed by atoms with Crippen molar-refractivity contribution in [2.75, 3.05) is 25.5 Å². The lowest BCUT2D eigenvalue weighted by Gasteiger charge is -2.31. The number of aromatic nitrogens is 1. The lowest BCUT2D eigenvalue weighted by molar-refractivity contribution is 0.251. The highest BCUT2D eigenvalue weighted by Gasteiger charge is 2.26. The van der Waals surface area contributed by atoms with E-state index in [1.807, 2.05) is 6.07 Å². The van der Waals surface area contributed by atoms with Crippen LogP contribution in [0.4, 0.5) is 10.5 Å². The molecule has 0 bridgehead atoms. The number of sulfonamides is 1. The molecule has 8 nitrogen and oxygen atoms in total. The molecule has 0 radical (unpaired) electrons. The number of hydrogen-bond donors (Lipinski definition) is 3. The van der Waals surface area contributed by atoms with Gasteiger partial charge in [-0.1, -0.05) is 19.4 Å². The van der Waals surface area contributed by atoms with Gasteiger partial charge in [0, 0.05) is 44.3 Å². The van der Waals surface area contributed by atoms with Crippen LogP contribution < -0.4 is 16.0 Å². The zero-order valence-corrected chi connectivity index (χ0v) is 18.9. The molecule has 1 fully saturated rings. The van der Waals surface area contributed by atoms with Gasteiger partial charge < -0.3 is 16.0 Å². The van der Waals surface area contributed by atoms with E-state index in [1.165, 1.54) is 16.4 Å². The molecule has 31 heavy (non-hydrogen) atoms. The second-order valence-corrected chi connectivity index (χ2v) is 9.98. The zero-order chi connectivity index (χ0) is 22.3. The van der Waals surface area contributed by atoms with Gasteiger partial charge in [-0.2, -0.15) is 4.31 Å². The summed E-state index contributed by atoms with van der Waals surface area (Å²) in [4.78, 5) is 16.3. The van der Waals surface area contributed by atoms with Crippen LogP contribution in [-0.4, -0.2) is 49.9 Å². The van der Waals surface area contributed by atoms with E-state index in [9.17, 15) is 13.2 Å². The topological polar surface area (TPSA) is 103 Å². The van der Waals surface area contributed by atoms with Gasteiger partial charge in [-0.3, -0.25) is 4.98 Å². The van der Waals surface area contributed by atoms with Crippen molar-refractivity contribution < 1.29 is 13.2 Å². The molecule has 1 aromatic carbocycles. The Balaban J connectivity index is 1.52. The Morgan fingerprint density at radius 3 is 2.61 bits per heavy atom. The second kappa shape index (κ2) is 10.7. The molecule has 0 saturated carbocycles. The minimum Gasteiger partial charge on any atom is -0.334 e. The second-order valence-electron chi connectivity index (χ2n) is 7.94. The Bertz CT molecular complexity index is 943. The molecular weight excluding hydrogens is 414 g/mol. The van der Waals surface area contributed by atoms with Crippen LogP contribution in [-0.2, 0) is 16.6 Å². The van der Waals surface area contributed by atoms with Crippen LogP contribution in [0.5, 0.6) is 0 Å². The highest BCUT2D eigenvalue weighted by Crippen LogP contribution is 2.21. The first kappa shape index (κ1) is 23.2. The number of nitrogens with one attached hydrogen (secondary N) is 3. The summed E-state index contributed by atoms with van der Waals surface area (Å²) in [7, 11) is -1.98. The van der Waals surface area contributed by atoms with E-state index in [1.54, 1.807) is 37.6 Å². The Hall–Kier alpha value is -2.49. The molecule has 1 saturated heterocycles. The van der Waals surface area contributed by atoms with Gasteiger partial charge in [0.15, 0.2) is 0 Å². The predicted octanol–water partition coefficient (Wildman–Crippen LogP) is 2.80. The first-order valence-corrected chi connectivity index (χ1v) is 12.1. The standard InChI is InChI=1S/C22H31N5O3S/c1-3-17-6-7-20(24-14-17)16-27(2)31(29,30)21-10-8-19(9-11-21)26-22(28)25-15-18-5-4-12-23-13-18/h4-5,8-13,17,20,24H,3,6-7,14-16H2,1-2H3,(H2,25,26,28). The third kappa shape index (κ3) is 6.49. The molecule has 9 heteroatoms. The number of carbonyl (C=O) groups excluding carboxylic acids is 1. The number of piperidine rings is 1. The van der Waals surface area contributed by atoms with Crippen molar-refractivity contribution in [2.24, 2.45) is 5.92 Å². The number of benzene rings is 1. The van der Waals surface area contributed by atoms with Crippen LogP contribution in [0.1, 0.15) is 31.7 Å². The molecule has 168 valence electrons. The van der Waals surface area contributed by atoms with E-state index in [4.69, 9.17) is 0 Å². The summed E-state index contributed by atoms with van der Waals surface area (Å²) in [5.74, 6) is 0.680. The average Bonchev–Trinajstić information content (AvgIpc) is 2.79. The maximum absolute atomic E-state index is 12.9. The Morgan fingerprint density at radius 1 is 1.23 bits per heavy atom. The summed E-state index contributed by atoms with van der Waals surface area (Å²) in [6.45, 7) is 3.92. The van der Waals surface area contributed by atoms with E-state index in [0.29, 0.717) is 24.7 Å². The normalized spacial score (nSPS) is 19.2. The number of nitrogens with zero attached hydrogens (tertiary/aromatic N) is 2. The van der Waals surface area contributed by atoms with Gasteiger partial charge in [0.2, 0.25) is 10.0 Å². The molecule has 0 aliphatic carbocycles. The van der Waals surface area contributed by atoms with Crippen molar-refractivity contribution in [1.29, 1.82) is 0 Å². The van der Waals surface area contributed by atoms with Gasteiger partial charge in [-0.25, -0.2) is 13.2 Å². The highest BCUT2D eigenvalue weighted by molar-refractivity contribution is 7.89. The summed E-state index contributed by atoms with van der Waals surface area (Å²) < 4.78 is 27.2. The Kier molecular flexibility index (Phi) is 8.00. The Morgan fingerprint density at radius 2 is 2.00 bits per heavy atom. The monoisotopic (exact) mass is 445 g/mol. The van der Waals surface area contributed by atoms with Crippen molar-refractivity contribution in [1.82, 2.24) is 19.9 Å². The van der Waals surface area contributed by atoms with Gasteiger partial charge >= 0.3 is 6.03 Å². The fourth-order valence-corrected chi connectivity index (χ4v) is 4.85. The van der Waals surface area contributed by atoms with Crippen molar-refractivity contribution in [2.45, 2.75) is 43.7 Å². The molecule has 3 N–H and O–H groups in total. The summed E-state index contributed by atoms with van der Waals surface area (Å²) in [6.07, 6.45) is 6.61. The van der Waals surface area contributed by atoms with Gasteiger partial charge in [-0.05, 0) is 61.2 Å². The smallest absolute Gasteiger partial charge is 0.319 e. The fourth-order valence-electron chi connectivity index (χ4n) is 3.64. The minimum absolute atomic E-state index is 0.173. The van der Waals surface area contributed by atoms with Gasteiger partial charge in [0.25, 0.3) is 0 Å². The molecule has 2 atom stereocenters. The highest BCUT2D eigenvalue weighted by atomic mass is 32.2. The molecule has 2 heterocycles. The first-order valence-electron chi connectivity index (χ1n) is 10.6. The number of carbonyl (C=O) groups is 1. The average molecular weight is 446 g/mol. The van der Waals surface area contributed by atoms with E-state index < -0.39 is 10.0 Å². The largest absolute Gasteiger partial charge is 0.334 e. The first-order chi connectivity index (χ1) is 14.9. The number of urea groups is 1. The number of pyridine rings is 1. The summed E-state index contributed by atoms with van der Waals surface area (Å²) in [5.41, 5.74) is 1.41. The van der Waals surface area contributed by atoms with Crippen LogP contribution >= 0.6 is 0 Å². The number of rotatable bonds is 8. The molecule has 1 aliphatic heterocycles. The third-order valence-corrected chi connectivity index (χ3v) is 7.51. The lowest BCUT2D eigenvalue weighted by atomic mass is 9.93. The van der Waals surface area contributed by atoms with Crippen molar-refractivity contribution >= 4 is 21.7 Å². The lowest BCUT2D eigenvalue weighted by Crippen LogP contribution is -2.46. The number of likely N-dealkylation sites (N-methyl/N-ethyl adjacent to an activating group) is 1. The number of hydrogen-bond acceptors (Lipinski definition) is 5. The van der Waals surface area contributed by atoms with Crippen molar-refractivity contribution in [3.8, 4) is 0 Å². The van der Waals surface area contributed by atoms with Crippen molar-refractivity contribution in [3.05, 3.63) is 54.4 Å². The van der Waals surface area contributed by atoms with Crippen LogP contribution in [0.15, 0.2) is 53.7 Å².